The molecule has 0 saturated carbocycles. The van der Waals surface area contributed by atoms with E-state index in [-0.39, 0.29) is 31.4 Å². The molecule has 1 aliphatic rings. The Bertz CT molecular complexity index is 919. The molecule has 2 atom stereocenters. The Hall–Kier alpha value is -2.46. The minimum atomic E-state index is -3.55. The van der Waals surface area contributed by atoms with E-state index < -0.39 is 22.2 Å². The van der Waals surface area contributed by atoms with Gasteiger partial charge in [0, 0.05) is 18.8 Å². The van der Waals surface area contributed by atoms with Crippen molar-refractivity contribution < 1.29 is 23.1 Å². The lowest BCUT2D eigenvalue weighted by Crippen LogP contribution is -2.54. The Morgan fingerprint density at radius 3 is 2.45 bits per heavy atom. The van der Waals surface area contributed by atoms with E-state index in [2.05, 4.69) is 4.72 Å². The maximum atomic E-state index is 12.4. The number of carbonyl (C=O) groups excluding carboxylic acids is 1. The van der Waals surface area contributed by atoms with Gasteiger partial charge in [-0.1, -0.05) is 42.5 Å². The van der Waals surface area contributed by atoms with E-state index in [1.807, 2.05) is 6.07 Å². The number of rotatable bonds is 8. The number of morpholine rings is 1. The Labute approximate surface area is 170 Å². The number of nitrogens with two attached hydrogens (primary N) is 1. The van der Waals surface area contributed by atoms with Gasteiger partial charge in [0.2, 0.25) is 15.9 Å². The van der Waals surface area contributed by atoms with E-state index in [4.69, 9.17) is 10.5 Å². The van der Waals surface area contributed by atoms with Gasteiger partial charge in [0.1, 0.15) is 12.7 Å². The number of benzene rings is 2. The minimum absolute atomic E-state index is 0.0907. The Balaban J connectivity index is 1.71. The molecule has 2 aromatic carbocycles. The number of aliphatic hydroxyl groups excluding tert-OH is 1. The number of carbonyl (C=O) groups is 1. The van der Waals surface area contributed by atoms with Gasteiger partial charge in [0.25, 0.3) is 0 Å². The lowest BCUT2D eigenvalue weighted by molar-refractivity contribution is -0.160. The van der Waals surface area contributed by atoms with Crippen LogP contribution < -0.4 is 10.5 Å². The van der Waals surface area contributed by atoms with Crippen LogP contribution in [0.25, 0.3) is 0 Å². The van der Waals surface area contributed by atoms with E-state index >= 15 is 0 Å². The van der Waals surface area contributed by atoms with Crippen molar-refractivity contribution >= 4 is 21.6 Å². The van der Waals surface area contributed by atoms with Crippen molar-refractivity contribution in [2.75, 3.05) is 31.0 Å². The van der Waals surface area contributed by atoms with Crippen molar-refractivity contribution in [1.82, 2.24) is 4.90 Å². The summed E-state index contributed by atoms with van der Waals surface area (Å²) >= 11 is 0. The molecule has 0 unspecified atom stereocenters. The molecule has 0 radical (unpaired) electrons. The zero-order valence-corrected chi connectivity index (χ0v) is 16.7. The highest BCUT2D eigenvalue weighted by molar-refractivity contribution is 7.91. The Morgan fingerprint density at radius 2 is 1.83 bits per heavy atom. The fourth-order valence-electron chi connectivity index (χ4n) is 3.40. The Kier molecular flexibility index (Phi) is 6.86. The third-order valence-electron chi connectivity index (χ3n) is 4.73. The first-order valence-corrected chi connectivity index (χ1v) is 10.9. The molecule has 1 aliphatic heterocycles. The van der Waals surface area contributed by atoms with E-state index in [1.54, 1.807) is 48.5 Å². The second kappa shape index (κ2) is 9.36. The van der Waals surface area contributed by atoms with Gasteiger partial charge in [-0.25, -0.2) is 8.42 Å². The van der Waals surface area contributed by atoms with Crippen molar-refractivity contribution in [2.24, 2.45) is 5.73 Å². The molecule has 4 N–H and O–H groups in total. The molecule has 9 heteroatoms. The molecular formula is C20H25N3O5S. The normalized spacial score (nSPS) is 19.9. The molecule has 156 valence electrons. The summed E-state index contributed by atoms with van der Waals surface area (Å²) in [5.41, 5.74) is 7.44. The van der Waals surface area contributed by atoms with E-state index in [0.717, 1.165) is 5.56 Å². The molecule has 1 fully saturated rings. The molecule has 0 aliphatic carbocycles. The number of sulfonamides is 1. The number of nitrogens with zero attached hydrogens (tertiary/aromatic N) is 1. The topological polar surface area (TPSA) is 122 Å². The maximum Gasteiger partial charge on any atom is 0.249 e. The highest BCUT2D eigenvalue weighted by atomic mass is 32.2. The third-order valence-corrected chi connectivity index (χ3v) is 5.99. The summed E-state index contributed by atoms with van der Waals surface area (Å²) in [4.78, 5) is 13.6. The van der Waals surface area contributed by atoms with Crippen molar-refractivity contribution in [3.05, 3.63) is 65.7 Å². The Morgan fingerprint density at radius 1 is 1.14 bits per heavy atom. The van der Waals surface area contributed by atoms with Crippen LogP contribution in [0, 0.1) is 0 Å². The molecule has 0 bridgehead atoms. The zero-order valence-electron chi connectivity index (χ0n) is 15.9. The first-order valence-electron chi connectivity index (χ1n) is 9.30. The molecule has 1 heterocycles. The van der Waals surface area contributed by atoms with Gasteiger partial charge in [-0.05, 0) is 23.3 Å². The predicted octanol–water partition coefficient (Wildman–Crippen LogP) is 0.848. The lowest BCUT2D eigenvalue weighted by Gasteiger charge is -2.40. The summed E-state index contributed by atoms with van der Waals surface area (Å²) in [5.74, 6) is -0.333. The third kappa shape index (κ3) is 5.33. The number of ether oxygens (including phenoxy) is 1. The van der Waals surface area contributed by atoms with Crippen LogP contribution in [0.4, 0.5) is 5.69 Å². The number of hydrogen-bond donors (Lipinski definition) is 3. The van der Waals surface area contributed by atoms with Crippen LogP contribution in [0.3, 0.4) is 0 Å². The van der Waals surface area contributed by atoms with Crippen LogP contribution in [-0.4, -0.2) is 56.7 Å². The lowest BCUT2D eigenvalue weighted by atomic mass is 9.99. The summed E-state index contributed by atoms with van der Waals surface area (Å²) in [7, 11) is -3.55. The van der Waals surface area contributed by atoms with Crippen LogP contribution in [0.5, 0.6) is 0 Å². The molecule has 3 rings (SSSR count). The zero-order chi connectivity index (χ0) is 20.9. The molecule has 8 nitrogen and oxygen atoms in total. The van der Waals surface area contributed by atoms with Crippen molar-refractivity contribution in [2.45, 2.75) is 17.9 Å². The second-order valence-electron chi connectivity index (χ2n) is 6.83. The van der Waals surface area contributed by atoms with E-state index in [1.165, 1.54) is 4.90 Å². The molecular weight excluding hydrogens is 394 g/mol. The average molecular weight is 420 g/mol. The van der Waals surface area contributed by atoms with Crippen molar-refractivity contribution in [1.29, 1.82) is 0 Å². The van der Waals surface area contributed by atoms with Crippen LogP contribution >= 0.6 is 0 Å². The smallest absolute Gasteiger partial charge is 0.249 e. The first-order chi connectivity index (χ1) is 13.9. The predicted molar refractivity (Wildman–Crippen MR) is 109 cm³/mol. The standard InChI is InChI=1S/C20H25N3O5S/c21-10-11-23-18(12-24)20(28-13-19(23)25)16-6-8-17(9-7-16)22-29(26,27)14-15-4-2-1-3-5-15/h1-9,18,20,22,24H,10-14,21H2/t18-,20-/m1/s1. The largest absolute Gasteiger partial charge is 0.394 e. The van der Waals surface area contributed by atoms with Gasteiger partial charge in [0.05, 0.1) is 18.4 Å². The quantitative estimate of drug-likeness (QED) is 0.583. The molecule has 29 heavy (non-hydrogen) atoms. The van der Waals surface area contributed by atoms with Gasteiger partial charge in [-0.15, -0.1) is 0 Å². The summed E-state index contributed by atoms with van der Waals surface area (Å²) in [5, 5.41) is 9.78. The molecule has 1 saturated heterocycles. The average Bonchev–Trinajstić information content (AvgIpc) is 2.70. The fraction of sp³-hybridized carbons (Fsp3) is 0.350. The number of hydrogen-bond acceptors (Lipinski definition) is 6. The van der Waals surface area contributed by atoms with E-state index in [0.29, 0.717) is 17.8 Å². The van der Waals surface area contributed by atoms with Gasteiger partial charge in [-0.2, -0.15) is 0 Å². The van der Waals surface area contributed by atoms with Gasteiger partial charge < -0.3 is 20.5 Å². The highest BCUT2D eigenvalue weighted by Gasteiger charge is 2.36. The second-order valence-corrected chi connectivity index (χ2v) is 8.55. The number of amides is 1. The first kappa shape index (κ1) is 21.3. The summed E-state index contributed by atoms with van der Waals surface area (Å²) < 4.78 is 33.0. The molecule has 0 aromatic heterocycles. The molecule has 2 aromatic rings. The number of aliphatic hydroxyl groups is 1. The minimum Gasteiger partial charge on any atom is -0.394 e. The van der Waals surface area contributed by atoms with Crippen LogP contribution in [0.15, 0.2) is 54.6 Å². The number of anilines is 1. The van der Waals surface area contributed by atoms with E-state index in [9.17, 15) is 18.3 Å². The summed E-state index contributed by atoms with van der Waals surface area (Å²) in [6, 6.07) is 15.1. The summed E-state index contributed by atoms with van der Waals surface area (Å²) in [6.07, 6.45) is -0.515. The van der Waals surface area contributed by atoms with Gasteiger partial charge in [-0.3, -0.25) is 9.52 Å². The molecule has 0 spiro atoms. The maximum absolute atomic E-state index is 12.4. The SMILES string of the molecule is NCCN1C(=O)CO[C@H](c2ccc(NS(=O)(=O)Cc3ccccc3)cc2)[C@H]1CO. The monoisotopic (exact) mass is 419 g/mol. The van der Waals surface area contributed by atoms with Crippen molar-refractivity contribution in [3.63, 3.8) is 0 Å². The van der Waals surface area contributed by atoms with Crippen molar-refractivity contribution in [3.8, 4) is 0 Å². The van der Waals surface area contributed by atoms with Gasteiger partial charge >= 0.3 is 0 Å². The van der Waals surface area contributed by atoms with Gasteiger partial charge in [0.15, 0.2) is 0 Å². The highest BCUT2D eigenvalue weighted by Crippen LogP contribution is 2.29. The van der Waals surface area contributed by atoms with Crippen LogP contribution in [-0.2, 0) is 25.3 Å². The molecule has 1 amide bonds. The fourth-order valence-corrected chi connectivity index (χ4v) is 4.59. The summed E-state index contributed by atoms with van der Waals surface area (Å²) in [6.45, 7) is 0.271. The number of nitrogens with one attached hydrogen (secondary N) is 1. The van der Waals surface area contributed by atoms with Crippen LogP contribution in [0.2, 0.25) is 0 Å². The van der Waals surface area contributed by atoms with Crippen LogP contribution in [0.1, 0.15) is 17.2 Å².